The van der Waals surface area contributed by atoms with Gasteiger partial charge >= 0.3 is 0 Å². The average Bonchev–Trinajstić information content (AvgIpc) is 2.43. The van der Waals surface area contributed by atoms with Crippen LogP contribution in [0.1, 0.15) is 26.2 Å². The van der Waals surface area contributed by atoms with Crippen LogP contribution in [-0.4, -0.2) is 36.1 Å². The van der Waals surface area contributed by atoms with Crippen molar-refractivity contribution in [2.45, 2.75) is 31.7 Å². The van der Waals surface area contributed by atoms with Gasteiger partial charge in [0.15, 0.2) is 0 Å². The van der Waals surface area contributed by atoms with E-state index in [2.05, 4.69) is 22.7 Å². The van der Waals surface area contributed by atoms with Crippen molar-refractivity contribution < 1.29 is 4.79 Å². The zero-order valence-electron chi connectivity index (χ0n) is 8.51. The zero-order chi connectivity index (χ0) is 9.31. The predicted octanol–water partition coefficient (Wildman–Crippen LogP) is 0.287. The van der Waals surface area contributed by atoms with Crippen LogP contribution in [-0.2, 0) is 4.79 Å². The van der Waals surface area contributed by atoms with Gasteiger partial charge in [-0.05, 0) is 25.9 Å². The highest BCUT2D eigenvalue weighted by molar-refractivity contribution is 5.85. The molecule has 2 aliphatic rings. The van der Waals surface area contributed by atoms with Crippen molar-refractivity contribution in [3.8, 4) is 0 Å². The van der Waals surface area contributed by atoms with E-state index in [-0.39, 0.29) is 23.9 Å². The standard InChI is InChI=1S/C9H17N3O.ClH/c1-2-12-9(7-8(13)11-12)3-5-10-6-4-9;/h10H,2-7H2,1H3,(H,11,13);1H. The van der Waals surface area contributed by atoms with Crippen LogP contribution in [0.15, 0.2) is 0 Å². The van der Waals surface area contributed by atoms with Crippen LogP contribution in [0.5, 0.6) is 0 Å². The number of amides is 1. The Balaban J connectivity index is 0.000000980. The highest BCUT2D eigenvalue weighted by Gasteiger charge is 2.44. The lowest BCUT2D eigenvalue weighted by molar-refractivity contribution is -0.120. The topological polar surface area (TPSA) is 44.4 Å². The molecule has 1 amide bonds. The lowest BCUT2D eigenvalue weighted by atomic mass is 9.85. The molecule has 2 heterocycles. The van der Waals surface area contributed by atoms with Crippen molar-refractivity contribution in [3.05, 3.63) is 0 Å². The molecule has 0 unspecified atom stereocenters. The second-order valence-electron chi connectivity index (χ2n) is 3.93. The summed E-state index contributed by atoms with van der Waals surface area (Å²) in [6.45, 7) is 5.07. The summed E-state index contributed by atoms with van der Waals surface area (Å²) in [5.41, 5.74) is 3.05. The molecule has 1 spiro atoms. The summed E-state index contributed by atoms with van der Waals surface area (Å²) in [5.74, 6) is 0.184. The van der Waals surface area contributed by atoms with Gasteiger partial charge in [0.2, 0.25) is 5.91 Å². The number of piperidine rings is 1. The summed E-state index contributed by atoms with van der Waals surface area (Å²) in [5, 5.41) is 5.45. The second kappa shape index (κ2) is 4.47. The highest BCUT2D eigenvalue weighted by Crippen LogP contribution is 2.32. The summed E-state index contributed by atoms with van der Waals surface area (Å²) >= 11 is 0. The number of carbonyl (C=O) groups is 1. The van der Waals surface area contributed by atoms with Gasteiger partial charge in [0.25, 0.3) is 0 Å². The molecule has 82 valence electrons. The number of rotatable bonds is 1. The first kappa shape index (κ1) is 11.8. The molecule has 0 saturated carbocycles. The largest absolute Gasteiger partial charge is 0.317 e. The van der Waals surface area contributed by atoms with Crippen LogP contribution in [0.2, 0.25) is 0 Å². The van der Waals surface area contributed by atoms with Crippen molar-refractivity contribution in [1.82, 2.24) is 15.8 Å². The van der Waals surface area contributed by atoms with E-state index in [1.165, 1.54) is 0 Å². The van der Waals surface area contributed by atoms with E-state index >= 15 is 0 Å². The maximum Gasteiger partial charge on any atom is 0.236 e. The Labute approximate surface area is 90.8 Å². The minimum atomic E-state index is 0. The monoisotopic (exact) mass is 219 g/mol. The molecule has 2 aliphatic heterocycles. The third kappa shape index (κ3) is 1.87. The van der Waals surface area contributed by atoms with Crippen molar-refractivity contribution in [1.29, 1.82) is 0 Å². The fraction of sp³-hybridized carbons (Fsp3) is 0.889. The zero-order valence-corrected chi connectivity index (χ0v) is 9.32. The molecule has 0 aliphatic carbocycles. The van der Waals surface area contributed by atoms with Crippen LogP contribution in [0.4, 0.5) is 0 Å². The minimum absolute atomic E-state index is 0. The quantitative estimate of drug-likeness (QED) is 0.666. The molecular formula is C9H18ClN3O. The van der Waals surface area contributed by atoms with Crippen LogP contribution >= 0.6 is 12.4 Å². The van der Waals surface area contributed by atoms with E-state index in [1.54, 1.807) is 0 Å². The predicted molar refractivity (Wildman–Crippen MR) is 57.2 cm³/mol. The number of nitrogens with zero attached hydrogens (tertiary/aromatic N) is 1. The summed E-state index contributed by atoms with van der Waals surface area (Å²) in [6, 6.07) is 0. The van der Waals surface area contributed by atoms with Gasteiger partial charge in [-0.2, -0.15) is 0 Å². The molecule has 2 N–H and O–H groups in total. The molecule has 2 rings (SSSR count). The normalized spacial score (nSPS) is 25.9. The van der Waals surface area contributed by atoms with Gasteiger partial charge in [0, 0.05) is 13.0 Å². The summed E-state index contributed by atoms with van der Waals surface area (Å²) in [4.78, 5) is 11.3. The van der Waals surface area contributed by atoms with Gasteiger partial charge in [-0.3, -0.25) is 10.2 Å². The summed E-state index contributed by atoms with van der Waals surface area (Å²) in [7, 11) is 0. The average molecular weight is 220 g/mol. The molecule has 0 aromatic heterocycles. The molecule has 4 nitrogen and oxygen atoms in total. The fourth-order valence-electron chi connectivity index (χ4n) is 2.46. The second-order valence-corrected chi connectivity index (χ2v) is 3.93. The highest BCUT2D eigenvalue weighted by atomic mass is 35.5. The molecule has 2 fully saturated rings. The maximum absolute atomic E-state index is 11.3. The van der Waals surface area contributed by atoms with E-state index < -0.39 is 0 Å². The number of halogens is 1. The van der Waals surface area contributed by atoms with Gasteiger partial charge in [-0.25, -0.2) is 5.01 Å². The molecule has 0 radical (unpaired) electrons. The Morgan fingerprint density at radius 3 is 2.64 bits per heavy atom. The van der Waals surface area contributed by atoms with Crippen LogP contribution in [0, 0.1) is 0 Å². The molecule has 5 heteroatoms. The van der Waals surface area contributed by atoms with E-state index in [4.69, 9.17) is 0 Å². The Bertz CT molecular complexity index is 216. The third-order valence-electron chi connectivity index (χ3n) is 3.17. The number of nitrogens with one attached hydrogen (secondary N) is 2. The van der Waals surface area contributed by atoms with E-state index in [1.807, 2.05) is 0 Å². The molecule has 0 atom stereocenters. The van der Waals surface area contributed by atoms with Crippen molar-refractivity contribution in [3.63, 3.8) is 0 Å². The molecule has 14 heavy (non-hydrogen) atoms. The Hall–Kier alpha value is -0.320. The van der Waals surface area contributed by atoms with Crippen molar-refractivity contribution in [2.24, 2.45) is 0 Å². The fourth-order valence-corrected chi connectivity index (χ4v) is 2.46. The lowest BCUT2D eigenvalue weighted by Crippen LogP contribution is -2.53. The van der Waals surface area contributed by atoms with Gasteiger partial charge in [0.1, 0.15) is 0 Å². The molecule has 0 aromatic carbocycles. The Morgan fingerprint density at radius 2 is 2.07 bits per heavy atom. The smallest absolute Gasteiger partial charge is 0.236 e. The van der Waals surface area contributed by atoms with E-state index in [0.29, 0.717) is 6.42 Å². The number of carbonyl (C=O) groups excluding carboxylic acids is 1. The van der Waals surface area contributed by atoms with Gasteiger partial charge in [-0.15, -0.1) is 12.4 Å². The minimum Gasteiger partial charge on any atom is -0.317 e. The first-order chi connectivity index (χ1) is 6.27. The van der Waals surface area contributed by atoms with Gasteiger partial charge < -0.3 is 5.32 Å². The Morgan fingerprint density at radius 1 is 1.43 bits per heavy atom. The SMILES string of the molecule is CCN1NC(=O)CC12CCNCC2.Cl. The first-order valence-electron chi connectivity index (χ1n) is 5.05. The van der Waals surface area contributed by atoms with Crippen LogP contribution in [0.25, 0.3) is 0 Å². The summed E-state index contributed by atoms with van der Waals surface area (Å²) in [6.07, 6.45) is 2.85. The van der Waals surface area contributed by atoms with E-state index in [0.717, 1.165) is 32.5 Å². The molecule has 2 saturated heterocycles. The van der Waals surface area contributed by atoms with E-state index in [9.17, 15) is 4.79 Å². The summed E-state index contributed by atoms with van der Waals surface area (Å²) < 4.78 is 0. The molecular weight excluding hydrogens is 202 g/mol. The number of hydrazine groups is 1. The van der Waals surface area contributed by atoms with Gasteiger partial charge in [0.05, 0.1) is 5.54 Å². The maximum atomic E-state index is 11.3. The Kier molecular flexibility index (Phi) is 3.75. The lowest BCUT2D eigenvalue weighted by Gasteiger charge is -2.39. The molecule has 0 aromatic rings. The van der Waals surface area contributed by atoms with Crippen molar-refractivity contribution >= 4 is 18.3 Å². The molecule has 0 bridgehead atoms. The number of hydrogen-bond donors (Lipinski definition) is 2. The van der Waals surface area contributed by atoms with Crippen LogP contribution < -0.4 is 10.7 Å². The van der Waals surface area contributed by atoms with Crippen LogP contribution in [0.3, 0.4) is 0 Å². The first-order valence-corrected chi connectivity index (χ1v) is 5.05. The van der Waals surface area contributed by atoms with Crippen molar-refractivity contribution in [2.75, 3.05) is 19.6 Å². The van der Waals surface area contributed by atoms with Gasteiger partial charge in [-0.1, -0.05) is 6.92 Å². The number of hydrogen-bond acceptors (Lipinski definition) is 3. The third-order valence-corrected chi connectivity index (χ3v) is 3.17.